The predicted molar refractivity (Wildman–Crippen MR) is 119 cm³/mol. The summed E-state index contributed by atoms with van der Waals surface area (Å²) in [5.41, 5.74) is 4.21. The van der Waals surface area contributed by atoms with E-state index in [1.807, 2.05) is 48.5 Å². The van der Waals surface area contributed by atoms with Crippen LogP contribution in [0.25, 0.3) is 22.2 Å². The van der Waals surface area contributed by atoms with Crippen LogP contribution < -0.4 is 20.1 Å². The van der Waals surface area contributed by atoms with Gasteiger partial charge in [-0.05, 0) is 48.5 Å². The van der Waals surface area contributed by atoms with Gasteiger partial charge in [-0.15, -0.1) is 0 Å². The first-order valence-electron chi connectivity index (χ1n) is 9.50. The number of H-pyrrole nitrogens is 1. The normalized spacial score (nSPS) is 12.6. The Morgan fingerprint density at radius 1 is 0.867 bits per heavy atom. The molecule has 0 unspecified atom stereocenters. The van der Waals surface area contributed by atoms with Gasteiger partial charge >= 0.3 is 6.03 Å². The molecule has 0 saturated carbocycles. The minimum atomic E-state index is -0.341. The van der Waals surface area contributed by atoms with E-state index in [4.69, 9.17) is 21.1 Å². The second kappa shape index (κ2) is 7.65. The first-order chi connectivity index (χ1) is 14.6. The average molecular weight is 420 g/mol. The molecule has 0 bridgehead atoms. The third kappa shape index (κ3) is 3.77. The summed E-state index contributed by atoms with van der Waals surface area (Å²) in [5, 5.41) is 7.41. The van der Waals surface area contributed by atoms with E-state index in [0.717, 1.165) is 22.2 Å². The zero-order valence-corrected chi connectivity index (χ0v) is 16.6. The summed E-state index contributed by atoms with van der Waals surface area (Å²) in [6.45, 7) is 1.02. The van der Waals surface area contributed by atoms with Crippen LogP contribution in [0, 0.1) is 0 Å². The maximum atomic E-state index is 12.5. The zero-order chi connectivity index (χ0) is 20.5. The summed E-state index contributed by atoms with van der Waals surface area (Å²) >= 11 is 6.08. The van der Waals surface area contributed by atoms with E-state index in [0.29, 0.717) is 41.1 Å². The van der Waals surface area contributed by atoms with Gasteiger partial charge in [-0.2, -0.15) is 0 Å². The van der Waals surface area contributed by atoms with Gasteiger partial charge in [0.2, 0.25) is 0 Å². The molecule has 5 rings (SSSR count). The van der Waals surface area contributed by atoms with Crippen molar-refractivity contribution in [2.75, 3.05) is 23.8 Å². The highest BCUT2D eigenvalue weighted by molar-refractivity contribution is 6.31. The Labute approximate surface area is 177 Å². The number of aromatic amines is 1. The molecule has 6 nitrogen and oxygen atoms in total. The van der Waals surface area contributed by atoms with Crippen LogP contribution in [0.5, 0.6) is 11.5 Å². The number of urea groups is 1. The van der Waals surface area contributed by atoms with Crippen LogP contribution in [0.15, 0.2) is 66.7 Å². The van der Waals surface area contributed by atoms with Crippen molar-refractivity contribution in [3.05, 3.63) is 71.8 Å². The second-order valence-electron chi connectivity index (χ2n) is 6.93. The molecule has 1 aliphatic heterocycles. The number of carbonyl (C=O) groups excluding carboxylic acids is 1. The summed E-state index contributed by atoms with van der Waals surface area (Å²) in [7, 11) is 0. The molecule has 0 radical (unpaired) electrons. The monoisotopic (exact) mass is 419 g/mol. The molecule has 1 aromatic heterocycles. The highest BCUT2D eigenvalue weighted by Crippen LogP contribution is 2.33. The number of fused-ring (bicyclic) bond motifs is 2. The topological polar surface area (TPSA) is 75.4 Å². The molecule has 0 atom stereocenters. The van der Waals surface area contributed by atoms with Crippen LogP contribution in [0.2, 0.25) is 5.02 Å². The minimum absolute atomic E-state index is 0.341. The van der Waals surface area contributed by atoms with E-state index in [1.54, 1.807) is 18.2 Å². The highest BCUT2D eigenvalue weighted by Gasteiger charge is 2.13. The van der Waals surface area contributed by atoms with Crippen molar-refractivity contribution in [3.63, 3.8) is 0 Å². The molecular weight excluding hydrogens is 402 g/mol. The molecule has 0 fully saturated rings. The molecule has 30 heavy (non-hydrogen) atoms. The van der Waals surface area contributed by atoms with E-state index in [1.165, 1.54) is 0 Å². The lowest BCUT2D eigenvalue weighted by Gasteiger charge is -2.19. The van der Waals surface area contributed by atoms with E-state index >= 15 is 0 Å². The van der Waals surface area contributed by atoms with Crippen molar-refractivity contribution in [1.29, 1.82) is 0 Å². The first-order valence-corrected chi connectivity index (χ1v) is 9.88. The standard InChI is InChI=1S/C23H18ClN3O3/c24-16-4-6-19-15(10-16)12-20(27-19)14-2-1-3-17(11-14)25-23(28)26-18-5-7-21-22(13-18)30-9-8-29-21/h1-7,10-13,27H,8-9H2,(H2,25,26,28). The molecule has 4 aromatic rings. The Bertz CT molecular complexity index is 1250. The van der Waals surface area contributed by atoms with Crippen molar-refractivity contribution in [3.8, 4) is 22.8 Å². The van der Waals surface area contributed by atoms with Crippen LogP contribution in [0.3, 0.4) is 0 Å². The van der Waals surface area contributed by atoms with Crippen LogP contribution in [-0.2, 0) is 0 Å². The Morgan fingerprint density at radius 3 is 2.53 bits per heavy atom. The lowest BCUT2D eigenvalue weighted by molar-refractivity contribution is 0.171. The van der Waals surface area contributed by atoms with E-state index in [9.17, 15) is 4.79 Å². The lowest BCUT2D eigenvalue weighted by Crippen LogP contribution is -2.20. The molecule has 3 N–H and O–H groups in total. The van der Waals surface area contributed by atoms with Crippen molar-refractivity contribution in [2.45, 2.75) is 0 Å². The molecule has 7 heteroatoms. The summed E-state index contributed by atoms with van der Waals surface area (Å²) in [6.07, 6.45) is 0. The van der Waals surface area contributed by atoms with Crippen molar-refractivity contribution in [2.24, 2.45) is 0 Å². The number of hydrogen-bond donors (Lipinski definition) is 3. The fraction of sp³-hybridized carbons (Fsp3) is 0.0870. The van der Waals surface area contributed by atoms with Gasteiger partial charge in [-0.25, -0.2) is 4.79 Å². The molecule has 3 aromatic carbocycles. The molecular formula is C23H18ClN3O3. The average Bonchev–Trinajstić information content (AvgIpc) is 3.17. The van der Waals surface area contributed by atoms with Crippen LogP contribution in [0.4, 0.5) is 16.2 Å². The fourth-order valence-corrected chi connectivity index (χ4v) is 3.62. The lowest BCUT2D eigenvalue weighted by atomic mass is 10.1. The number of hydrogen-bond acceptors (Lipinski definition) is 3. The van der Waals surface area contributed by atoms with Crippen LogP contribution >= 0.6 is 11.6 Å². The predicted octanol–water partition coefficient (Wildman–Crippen LogP) is 5.90. The van der Waals surface area contributed by atoms with Crippen molar-refractivity contribution >= 4 is 39.9 Å². The maximum absolute atomic E-state index is 12.5. The van der Waals surface area contributed by atoms with Gasteiger partial charge < -0.3 is 25.1 Å². The largest absolute Gasteiger partial charge is 0.486 e. The molecule has 2 heterocycles. The highest BCUT2D eigenvalue weighted by atomic mass is 35.5. The Hall–Kier alpha value is -3.64. The summed E-state index contributed by atoms with van der Waals surface area (Å²) in [4.78, 5) is 15.8. The van der Waals surface area contributed by atoms with Crippen LogP contribution in [0.1, 0.15) is 0 Å². The molecule has 1 aliphatic rings. The molecule has 0 aliphatic carbocycles. The number of nitrogens with one attached hydrogen (secondary N) is 3. The van der Waals surface area contributed by atoms with Crippen molar-refractivity contribution in [1.82, 2.24) is 4.98 Å². The third-order valence-electron chi connectivity index (χ3n) is 4.81. The minimum Gasteiger partial charge on any atom is -0.486 e. The number of halogens is 1. The van der Waals surface area contributed by atoms with E-state index in [2.05, 4.69) is 15.6 Å². The van der Waals surface area contributed by atoms with Gasteiger partial charge in [0, 0.05) is 44.6 Å². The van der Waals surface area contributed by atoms with Gasteiger partial charge in [-0.3, -0.25) is 0 Å². The third-order valence-corrected chi connectivity index (χ3v) is 5.05. The quantitative estimate of drug-likeness (QED) is 0.386. The van der Waals surface area contributed by atoms with Gasteiger partial charge in [0.05, 0.1) is 0 Å². The van der Waals surface area contributed by atoms with E-state index < -0.39 is 0 Å². The fourth-order valence-electron chi connectivity index (χ4n) is 3.44. The molecule has 0 saturated heterocycles. The summed E-state index contributed by atoms with van der Waals surface area (Å²) < 4.78 is 11.1. The Morgan fingerprint density at radius 2 is 1.67 bits per heavy atom. The van der Waals surface area contributed by atoms with Gasteiger partial charge in [0.25, 0.3) is 0 Å². The van der Waals surface area contributed by atoms with Gasteiger partial charge in [0.15, 0.2) is 11.5 Å². The number of aromatic nitrogens is 1. The zero-order valence-electron chi connectivity index (χ0n) is 15.9. The van der Waals surface area contributed by atoms with E-state index in [-0.39, 0.29) is 6.03 Å². The molecule has 0 spiro atoms. The number of anilines is 2. The number of carbonyl (C=O) groups is 1. The SMILES string of the molecule is O=C(Nc1cccc(-c2cc3cc(Cl)ccc3[nH]2)c1)Nc1ccc2c(c1)OCCO2. The molecule has 150 valence electrons. The Kier molecular flexibility index (Phi) is 4.69. The van der Waals surface area contributed by atoms with Crippen LogP contribution in [-0.4, -0.2) is 24.2 Å². The van der Waals surface area contributed by atoms with Gasteiger partial charge in [-0.1, -0.05) is 23.7 Å². The second-order valence-corrected chi connectivity index (χ2v) is 7.37. The summed E-state index contributed by atoms with van der Waals surface area (Å²) in [5.74, 6) is 1.31. The Balaban J connectivity index is 1.32. The van der Waals surface area contributed by atoms with Gasteiger partial charge in [0.1, 0.15) is 13.2 Å². The number of benzene rings is 3. The number of rotatable bonds is 3. The number of ether oxygens (including phenoxy) is 2. The number of amides is 2. The first kappa shape index (κ1) is 18.4. The maximum Gasteiger partial charge on any atom is 0.323 e. The molecule has 2 amide bonds. The summed E-state index contributed by atoms with van der Waals surface area (Å²) in [6, 6.07) is 20.4. The smallest absolute Gasteiger partial charge is 0.323 e. The van der Waals surface area contributed by atoms with Crippen molar-refractivity contribution < 1.29 is 14.3 Å².